The summed E-state index contributed by atoms with van der Waals surface area (Å²) in [5, 5.41) is 8.84. The lowest BCUT2D eigenvalue weighted by molar-refractivity contribution is 0.412. The van der Waals surface area contributed by atoms with E-state index in [4.69, 9.17) is 4.52 Å². The van der Waals surface area contributed by atoms with Crippen LogP contribution in [0.4, 0.5) is 0 Å². The molecule has 1 aromatic heterocycles. The molecule has 1 N–H and O–H groups in total. The maximum Gasteiger partial charge on any atom is 0.157 e. The molecule has 1 aromatic rings. The molecular weight excluding hydrogens is 210 g/mol. The van der Waals surface area contributed by atoms with E-state index >= 15 is 0 Å². The van der Waals surface area contributed by atoms with E-state index in [0.717, 1.165) is 10.9 Å². The van der Waals surface area contributed by atoms with Crippen molar-refractivity contribution in [2.75, 3.05) is 0 Å². The Morgan fingerprint density at radius 1 is 1.67 bits per heavy atom. The predicted molar refractivity (Wildman–Crippen MR) is 61.9 cm³/mol. The molecule has 82 valence electrons. The van der Waals surface area contributed by atoms with Gasteiger partial charge in [0.1, 0.15) is 12.0 Å². The Balaban J connectivity index is 1.94. The van der Waals surface area contributed by atoms with E-state index in [1.165, 1.54) is 6.42 Å². The molecule has 5 heteroatoms. The molecule has 1 aliphatic rings. The highest BCUT2D eigenvalue weighted by Crippen LogP contribution is 2.22. The van der Waals surface area contributed by atoms with Crippen molar-refractivity contribution in [1.29, 1.82) is 0 Å². The van der Waals surface area contributed by atoms with Crippen LogP contribution >= 0.6 is 11.8 Å². The largest absolute Gasteiger partial charge is 0.364 e. The second-order valence-electron chi connectivity index (χ2n) is 3.82. The Morgan fingerprint density at radius 2 is 2.53 bits per heavy atom. The molecule has 0 amide bonds. The molecule has 2 unspecified atom stereocenters. The molecule has 0 bridgehead atoms. The quantitative estimate of drug-likeness (QED) is 0.836. The summed E-state index contributed by atoms with van der Waals surface area (Å²) in [6, 6.07) is 2.35. The Morgan fingerprint density at radius 3 is 3.20 bits per heavy atom. The average molecular weight is 225 g/mol. The molecule has 0 aliphatic carbocycles. The van der Waals surface area contributed by atoms with Gasteiger partial charge >= 0.3 is 0 Å². The molecule has 1 fully saturated rings. The second-order valence-corrected chi connectivity index (χ2v) is 5.25. The van der Waals surface area contributed by atoms with Crippen molar-refractivity contribution in [3.05, 3.63) is 18.0 Å². The predicted octanol–water partition coefficient (Wildman–Crippen LogP) is 2.03. The number of nitrogens with one attached hydrogen (secondary N) is 1. The Bertz CT molecular complexity index is 324. The first-order chi connectivity index (χ1) is 7.24. The Labute approximate surface area is 93.5 Å². The third-order valence-corrected chi connectivity index (χ3v) is 3.31. The molecule has 0 saturated carbocycles. The number of amidine groups is 1. The van der Waals surface area contributed by atoms with Crippen molar-refractivity contribution in [3.8, 4) is 0 Å². The summed E-state index contributed by atoms with van der Waals surface area (Å²) < 4.78 is 4.75. The lowest BCUT2D eigenvalue weighted by atomic mass is 10.2. The second kappa shape index (κ2) is 4.70. The van der Waals surface area contributed by atoms with Gasteiger partial charge in [0, 0.05) is 17.4 Å². The highest BCUT2D eigenvalue weighted by Gasteiger charge is 2.19. The van der Waals surface area contributed by atoms with E-state index in [2.05, 4.69) is 29.3 Å². The Kier molecular flexibility index (Phi) is 3.30. The van der Waals surface area contributed by atoms with Gasteiger partial charge in [0.25, 0.3) is 0 Å². The van der Waals surface area contributed by atoms with Crippen LogP contribution in [0.25, 0.3) is 0 Å². The van der Waals surface area contributed by atoms with Gasteiger partial charge in [-0.3, -0.25) is 4.99 Å². The molecule has 1 aliphatic heterocycles. The number of aliphatic imine (C=N–C) groups is 1. The number of thioether (sulfide) groups is 1. The fraction of sp³-hybridized carbons (Fsp3) is 0.600. The maximum atomic E-state index is 4.75. The van der Waals surface area contributed by atoms with Gasteiger partial charge in [0.05, 0.1) is 6.54 Å². The number of nitrogens with zero attached hydrogens (tertiary/aromatic N) is 2. The van der Waals surface area contributed by atoms with Crippen molar-refractivity contribution < 1.29 is 4.52 Å². The van der Waals surface area contributed by atoms with E-state index < -0.39 is 0 Å². The van der Waals surface area contributed by atoms with Gasteiger partial charge in [-0.05, 0) is 13.3 Å². The molecule has 1 saturated heterocycles. The smallest absolute Gasteiger partial charge is 0.157 e. The normalized spacial score (nSPS) is 29.1. The minimum absolute atomic E-state index is 0.511. The summed E-state index contributed by atoms with van der Waals surface area (Å²) in [6.45, 7) is 5.00. The monoisotopic (exact) mass is 225 g/mol. The lowest BCUT2D eigenvalue weighted by Crippen LogP contribution is -2.38. The topological polar surface area (TPSA) is 50.4 Å². The average Bonchev–Trinajstić information content (AvgIpc) is 2.65. The first kappa shape index (κ1) is 10.5. The summed E-state index contributed by atoms with van der Waals surface area (Å²) in [6.07, 6.45) is 2.76. The number of aromatic nitrogens is 1. The van der Waals surface area contributed by atoms with Crippen LogP contribution in [-0.2, 0) is 6.54 Å². The van der Waals surface area contributed by atoms with E-state index in [0.29, 0.717) is 17.8 Å². The number of hydrogen-bond donors (Lipinski definition) is 1. The van der Waals surface area contributed by atoms with Crippen LogP contribution in [0.3, 0.4) is 0 Å². The molecule has 15 heavy (non-hydrogen) atoms. The zero-order valence-corrected chi connectivity index (χ0v) is 9.75. The standard InChI is InChI=1S/C10H15N3OS/c1-7-5-8(2)15-10(12-7)11-6-9-3-4-14-13-9/h3-4,7-8H,5-6H2,1-2H3,(H,11,12). The van der Waals surface area contributed by atoms with Crippen LogP contribution < -0.4 is 5.32 Å². The highest BCUT2D eigenvalue weighted by atomic mass is 32.2. The molecule has 0 radical (unpaired) electrons. The van der Waals surface area contributed by atoms with Gasteiger partial charge in [-0.25, -0.2) is 0 Å². The maximum absolute atomic E-state index is 4.75. The third kappa shape index (κ3) is 2.99. The third-order valence-electron chi connectivity index (χ3n) is 2.24. The molecule has 2 atom stereocenters. The zero-order valence-electron chi connectivity index (χ0n) is 8.93. The molecule has 0 aromatic carbocycles. The fourth-order valence-corrected chi connectivity index (χ4v) is 2.77. The van der Waals surface area contributed by atoms with Crippen LogP contribution in [0, 0.1) is 0 Å². The van der Waals surface area contributed by atoms with Crippen molar-refractivity contribution in [3.63, 3.8) is 0 Å². The van der Waals surface area contributed by atoms with Gasteiger partial charge in [0.2, 0.25) is 0 Å². The summed E-state index contributed by atoms with van der Waals surface area (Å²) in [7, 11) is 0. The van der Waals surface area contributed by atoms with Crippen molar-refractivity contribution in [2.24, 2.45) is 4.99 Å². The van der Waals surface area contributed by atoms with Gasteiger partial charge < -0.3 is 9.84 Å². The summed E-state index contributed by atoms with van der Waals surface area (Å²) >= 11 is 1.79. The van der Waals surface area contributed by atoms with Crippen molar-refractivity contribution in [2.45, 2.75) is 38.1 Å². The van der Waals surface area contributed by atoms with Gasteiger partial charge in [-0.1, -0.05) is 23.8 Å². The van der Waals surface area contributed by atoms with Crippen LogP contribution in [0.5, 0.6) is 0 Å². The molecular formula is C10H15N3OS. The van der Waals surface area contributed by atoms with Crippen LogP contribution in [0.2, 0.25) is 0 Å². The summed E-state index contributed by atoms with van der Waals surface area (Å²) in [4.78, 5) is 4.47. The molecule has 2 rings (SSSR count). The number of hydrogen-bond acceptors (Lipinski definition) is 4. The SMILES string of the molecule is CC1CC(C)SC(=NCc2ccon2)N1. The van der Waals surface area contributed by atoms with Crippen LogP contribution in [0.1, 0.15) is 26.0 Å². The summed E-state index contributed by atoms with van der Waals surface area (Å²) in [5.41, 5.74) is 0.871. The molecule has 0 spiro atoms. The fourth-order valence-electron chi connectivity index (χ4n) is 1.60. The minimum atomic E-state index is 0.511. The van der Waals surface area contributed by atoms with Gasteiger partial charge in [-0.2, -0.15) is 0 Å². The highest BCUT2D eigenvalue weighted by molar-refractivity contribution is 8.14. The van der Waals surface area contributed by atoms with Crippen molar-refractivity contribution in [1.82, 2.24) is 10.5 Å². The van der Waals surface area contributed by atoms with E-state index in [1.807, 2.05) is 6.07 Å². The molecule has 2 heterocycles. The van der Waals surface area contributed by atoms with Crippen molar-refractivity contribution >= 4 is 16.9 Å². The Hall–Kier alpha value is -0.970. The lowest BCUT2D eigenvalue weighted by Gasteiger charge is -2.26. The minimum Gasteiger partial charge on any atom is -0.364 e. The van der Waals surface area contributed by atoms with E-state index in [9.17, 15) is 0 Å². The van der Waals surface area contributed by atoms with E-state index in [-0.39, 0.29) is 0 Å². The van der Waals surface area contributed by atoms with Crippen LogP contribution in [0.15, 0.2) is 21.8 Å². The van der Waals surface area contributed by atoms with Gasteiger partial charge in [0.15, 0.2) is 5.17 Å². The summed E-state index contributed by atoms with van der Waals surface area (Å²) in [5.74, 6) is 0. The first-order valence-corrected chi connectivity index (χ1v) is 5.99. The number of rotatable bonds is 2. The first-order valence-electron chi connectivity index (χ1n) is 5.11. The molecule has 4 nitrogen and oxygen atoms in total. The zero-order chi connectivity index (χ0) is 10.7. The van der Waals surface area contributed by atoms with Crippen LogP contribution in [-0.4, -0.2) is 21.6 Å². The van der Waals surface area contributed by atoms with Gasteiger partial charge in [-0.15, -0.1) is 0 Å². The van der Waals surface area contributed by atoms with E-state index in [1.54, 1.807) is 18.0 Å².